The van der Waals surface area contributed by atoms with Gasteiger partial charge in [-0.05, 0) is 65.1 Å². The first kappa shape index (κ1) is 17.7. The van der Waals surface area contributed by atoms with Gasteiger partial charge >= 0.3 is 5.97 Å². The van der Waals surface area contributed by atoms with Crippen LogP contribution in [0.5, 0.6) is 0 Å². The van der Waals surface area contributed by atoms with Crippen molar-refractivity contribution < 1.29 is 14.6 Å². The molecule has 0 spiro atoms. The molecule has 0 aliphatic carbocycles. The Labute approximate surface area is 134 Å². The summed E-state index contributed by atoms with van der Waals surface area (Å²) in [6.07, 6.45) is 4.89. The second-order valence-electron chi connectivity index (χ2n) is 7.05. The van der Waals surface area contributed by atoms with Gasteiger partial charge in [0.05, 0.1) is 12.2 Å². The van der Waals surface area contributed by atoms with Gasteiger partial charge in [0.1, 0.15) is 6.04 Å². The first-order valence-corrected chi connectivity index (χ1v) is 8.84. The molecule has 0 amide bonds. The molecule has 2 aliphatic heterocycles. The van der Waals surface area contributed by atoms with Gasteiger partial charge in [0.25, 0.3) is 0 Å². The Kier molecular flexibility index (Phi) is 6.66. The summed E-state index contributed by atoms with van der Waals surface area (Å²) in [5, 5.41) is 9.25. The highest BCUT2D eigenvalue weighted by Crippen LogP contribution is 2.24. The maximum Gasteiger partial charge on any atom is 0.320 e. The minimum absolute atomic E-state index is 0.290. The van der Waals surface area contributed by atoms with Crippen molar-refractivity contribution in [2.24, 2.45) is 5.92 Å². The number of hydrogen-bond acceptors (Lipinski definition) is 4. The molecule has 2 saturated heterocycles. The van der Waals surface area contributed by atoms with E-state index in [-0.39, 0.29) is 6.04 Å². The molecule has 5 heteroatoms. The normalized spacial score (nSPS) is 30.3. The Hall–Kier alpha value is -0.650. The number of piperidine rings is 1. The van der Waals surface area contributed by atoms with Gasteiger partial charge in [-0.2, -0.15) is 0 Å². The fourth-order valence-corrected chi connectivity index (χ4v) is 3.97. The van der Waals surface area contributed by atoms with Crippen LogP contribution in [0.1, 0.15) is 46.5 Å². The molecule has 0 aromatic carbocycles. The third-order valence-corrected chi connectivity index (χ3v) is 5.11. The van der Waals surface area contributed by atoms with E-state index in [2.05, 4.69) is 23.6 Å². The Bertz CT molecular complexity index is 346. The number of nitrogens with zero attached hydrogens (tertiary/aromatic N) is 2. The molecule has 1 N–H and O–H groups in total. The van der Waals surface area contributed by atoms with E-state index in [1.165, 1.54) is 6.42 Å². The van der Waals surface area contributed by atoms with Crippen LogP contribution in [0.4, 0.5) is 0 Å². The van der Waals surface area contributed by atoms with Gasteiger partial charge in [0.2, 0.25) is 0 Å². The highest BCUT2D eigenvalue weighted by Gasteiger charge is 2.29. The SMILES string of the molecule is CC[C@@H](C(=O)O)N1CCC(CCN2C[C@@H](C)O[C@@H](C)C2)CC1. The van der Waals surface area contributed by atoms with E-state index >= 15 is 0 Å². The van der Waals surface area contributed by atoms with Gasteiger partial charge in [0.15, 0.2) is 0 Å². The second-order valence-corrected chi connectivity index (χ2v) is 7.05. The maximum atomic E-state index is 11.2. The Morgan fingerprint density at radius 2 is 1.82 bits per heavy atom. The molecule has 2 heterocycles. The van der Waals surface area contributed by atoms with Crippen LogP contribution in [-0.2, 0) is 9.53 Å². The van der Waals surface area contributed by atoms with Gasteiger partial charge in [-0.3, -0.25) is 14.6 Å². The van der Waals surface area contributed by atoms with Crippen molar-refractivity contribution >= 4 is 5.97 Å². The van der Waals surface area contributed by atoms with Crippen molar-refractivity contribution in [2.75, 3.05) is 32.7 Å². The lowest BCUT2D eigenvalue weighted by Gasteiger charge is -2.38. The Balaban J connectivity index is 1.70. The zero-order valence-electron chi connectivity index (χ0n) is 14.3. The van der Waals surface area contributed by atoms with Crippen LogP contribution in [0.25, 0.3) is 0 Å². The largest absolute Gasteiger partial charge is 0.480 e. The zero-order chi connectivity index (χ0) is 16.1. The molecule has 22 heavy (non-hydrogen) atoms. The molecule has 0 radical (unpaired) electrons. The summed E-state index contributed by atoms with van der Waals surface area (Å²) < 4.78 is 5.78. The molecule has 128 valence electrons. The first-order valence-electron chi connectivity index (χ1n) is 8.84. The van der Waals surface area contributed by atoms with Crippen LogP contribution in [0.15, 0.2) is 0 Å². The van der Waals surface area contributed by atoms with E-state index < -0.39 is 5.97 Å². The van der Waals surface area contributed by atoms with E-state index in [1.54, 1.807) is 0 Å². The van der Waals surface area contributed by atoms with Gasteiger partial charge in [-0.15, -0.1) is 0 Å². The molecule has 3 atom stereocenters. The van der Waals surface area contributed by atoms with Gasteiger partial charge < -0.3 is 9.84 Å². The molecule has 0 unspecified atom stereocenters. The average Bonchev–Trinajstić information content (AvgIpc) is 2.46. The van der Waals surface area contributed by atoms with Crippen molar-refractivity contribution in [1.82, 2.24) is 9.80 Å². The summed E-state index contributed by atoms with van der Waals surface area (Å²) in [5.74, 6) is 0.0771. The molecule has 0 bridgehead atoms. The lowest BCUT2D eigenvalue weighted by molar-refractivity contribution is -0.144. The Morgan fingerprint density at radius 1 is 1.23 bits per heavy atom. The standard InChI is InChI=1S/C17H32N2O3/c1-4-16(17(20)21)19-9-6-15(7-10-19)5-8-18-11-13(2)22-14(3)12-18/h13-16H,4-12H2,1-3H3,(H,20,21)/t13-,14+,16-/m0/s1. The van der Waals surface area contributed by atoms with Crippen molar-refractivity contribution in [3.05, 3.63) is 0 Å². The average molecular weight is 312 g/mol. The molecule has 0 aromatic rings. The maximum absolute atomic E-state index is 11.2. The third kappa shape index (κ3) is 4.93. The number of rotatable bonds is 6. The molecule has 2 rings (SSSR count). The number of carbonyl (C=O) groups is 1. The highest BCUT2D eigenvalue weighted by atomic mass is 16.5. The van der Waals surface area contributed by atoms with Crippen LogP contribution in [-0.4, -0.2) is 71.8 Å². The van der Waals surface area contributed by atoms with Crippen LogP contribution in [0.3, 0.4) is 0 Å². The van der Waals surface area contributed by atoms with Crippen molar-refractivity contribution in [3.8, 4) is 0 Å². The van der Waals surface area contributed by atoms with Gasteiger partial charge in [-0.25, -0.2) is 0 Å². The zero-order valence-corrected chi connectivity index (χ0v) is 14.3. The predicted molar refractivity (Wildman–Crippen MR) is 87.1 cm³/mol. The summed E-state index contributed by atoms with van der Waals surface area (Å²) in [5.41, 5.74) is 0. The summed E-state index contributed by atoms with van der Waals surface area (Å²) in [7, 11) is 0. The molecular formula is C17H32N2O3. The number of hydrogen-bond donors (Lipinski definition) is 1. The van der Waals surface area contributed by atoms with Crippen LogP contribution in [0, 0.1) is 5.92 Å². The third-order valence-electron chi connectivity index (χ3n) is 5.11. The lowest BCUT2D eigenvalue weighted by atomic mass is 9.92. The molecule has 2 fully saturated rings. The summed E-state index contributed by atoms with van der Waals surface area (Å²) in [6, 6.07) is -0.290. The molecule has 5 nitrogen and oxygen atoms in total. The van der Waals surface area contributed by atoms with E-state index in [9.17, 15) is 9.90 Å². The number of carboxylic acids is 1. The van der Waals surface area contributed by atoms with E-state index in [0.29, 0.717) is 18.6 Å². The fourth-order valence-electron chi connectivity index (χ4n) is 3.97. The summed E-state index contributed by atoms with van der Waals surface area (Å²) in [6.45, 7) is 11.4. The quantitative estimate of drug-likeness (QED) is 0.813. The molecule has 2 aliphatic rings. The summed E-state index contributed by atoms with van der Waals surface area (Å²) >= 11 is 0. The number of aliphatic carboxylic acids is 1. The smallest absolute Gasteiger partial charge is 0.320 e. The number of morpholine rings is 1. The van der Waals surface area contributed by atoms with Crippen LogP contribution in [0.2, 0.25) is 0 Å². The van der Waals surface area contributed by atoms with E-state index in [1.807, 2.05) is 6.92 Å². The van der Waals surface area contributed by atoms with Gasteiger partial charge in [0, 0.05) is 13.1 Å². The topological polar surface area (TPSA) is 53.0 Å². The predicted octanol–water partition coefficient (Wildman–Crippen LogP) is 2.06. The molecule has 0 aromatic heterocycles. The molecular weight excluding hydrogens is 280 g/mol. The minimum atomic E-state index is -0.669. The number of carboxylic acid groups (broad SMARTS) is 1. The van der Waals surface area contributed by atoms with E-state index in [0.717, 1.165) is 51.5 Å². The van der Waals surface area contributed by atoms with Gasteiger partial charge in [-0.1, -0.05) is 6.92 Å². The van der Waals surface area contributed by atoms with Crippen LogP contribution < -0.4 is 0 Å². The molecule has 0 saturated carbocycles. The monoisotopic (exact) mass is 312 g/mol. The fraction of sp³-hybridized carbons (Fsp3) is 0.941. The highest BCUT2D eigenvalue weighted by molar-refractivity contribution is 5.73. The van der Waals surface area contributed by atoms with Crippen LogP contribution >= 0.6 is 0 Å². The Morgan fingerprint density at radius 3 is 2.32 bits per heavy atom. The van der Waals surface area contributed by atoms with E-state index in [4.69, 9.17) is 4.74 Å². The lowest BCUT2D eigenvalue weighted by Crippen LogP contribution is -2.47. The second kappa shape index (κ2) is 8.27. The number of likely N-dealkylation sites (tertiary alicyclic amines) is 1. The van der Waals surface area contributed by atoms with Crippen molar-refractivity contribution in [2.45, 2.75) is 64.7 Å². The first-order chi connectivity index (χ1) is 10.5. The number of ether oxygens (including phenoxy) is 1. The van der Waals surface area contributed by atoms with Crippen molar-refractivity contribution in [1.29, 1.82) is 0 Å². The van der Waals surface area contributed by atoms with Crippen molar-refractivity contribution in [3.63, 3.8) is 0 Å². The minimum Gasteiger partial charge on any atom is -0.480 e. The summed E-state index contributed by atoms with van der Waals surface area (Å²) in [4.78, 5) is 15.9.